The predicted molar refractivity (Wildman–Crippen MR) is 160 cm³/mol. The average Bonchev–Trinajstić information content (AvgIpc) is 2.96. The van der Waals surface area contributed by atoms with Crippen LogP contribution in [0.3, 0.4) is 0 Å². The van der Waals surface area contributed by atoms with Gasteiger partial charge in [0.05, 0.1) is 0 Å². The van der Waals surface area contributed by atoms with Gasteiger partial charge in [0.25, 0.3) is 0 Å². The van der Waals surface area contributed by atoms with Crippen LogP contribution in [0.1, 0.15) is 49.9 Å². The van der Waals surface area contributed by atoms with Gasteiger partial charge in [-0.25, -0.2) is 0 Å². The van der Waals surface area contributed by atoms with E-state index in [1.807, 2.05) is 24.3 Å². The van der Waals surface area contributed by atoms with Gasteiger partial charge in [-0.3, -0.25) is 0 Å². The standard InChI is InChI=1S/C36H34O4/c1-35(2,27-9-17-31(18-10-27)39-33-21-13-29(37)14-22-33)25-5-7-26(8-6-25)36(3,4)28-11-19-32(20-12-28)40-34-23-15-30(38)16-24-34/h5-24,37-38H,1-4H3. The van der Waals surface area contributed by atoms with Crippen molar-refractivity contribution < 1.29 is 19.7 Å². The molecule has 0 heterocycles. The molecule has 0 fully saturated rings. The van der Waals surface area contributed by atoms with Gasteiger partial charge >= 0.3 is 0 Å². The fraction of sp³-hybridized carbons (Fsp3) is 0.167. The quantitative estimate of drug-likeness (QED) is 0.210. The van der Waals surface area contributed by atoms with Crippen LogP contribution in [0.25, 0.3) is 0 Å². The molecular formula is C36H34O4. The molecule has 0 atom stereocenters. The maximum Gasteiger partial charge on any atom is 0.127 e. The van der Waals surface area contributed by atoms with E-state index in [0.29, 0.717) is 11.5 Å². The second-order valence-corrected chi connectivity index (χ2v) is 11.1. The van der Waals surface area contributed by atoms with Crippen molar-refractivity contribution in [2.75, 3.05) is 0 Å². The van der Waals surface area contributed by atoms with Crippen LogP contribution >= 0.6 is 0 Å². The minimum absolute atomic E-state index is 0.188. The summed E-state index contributed by atoms with van der Waals surface area (Å²) in [5.74, 6) is 3.30. The molecule has 0 radical (unpaired) electrons. The number of rotatable bonds is 8. The molecule has 202 valence electrons. The van der Waals surface area contributed by atoms with E-state index in [0.717, 1.165) is 11.5 Å². The van der Waals surface area contributed by atoms with E-state index in [2.05, 4.69) is 76.2 Å². The third kappa shape index (κ3) is 5.81. The molecule has 0 aromatic heterocycles. The molecule has 0 aliphatic heterocycles. The van der Waals surface area contributed by atoms with E-state index in [-0.39, 0.29) is 22.3 Å². The lowest BCUT2D eigenvalue weighted by molar-refractivity contribution is 0.464. The first kappa shape index (κ1) is 26.9. The van der Waals surface area contributed by atoms with Gasteiger partial charge in [0.1, 0.15) is 34.5 Å². The Morgan fingerprint density at radius 3 is 0.800 bits per heavy atom. The molecule has 0 aliphatic rings. The minimum Gasteiger partial charge on any atom is -0.508 e. The van der Waals surface area contributed by atoms with Crippen LogP contribution in [0.4, 0.5) is 0 Å². The van der Waals surface area contributed by atoms with Crippen molar-refractivity contribution in [3.63, 3.8) is 0 Å². The van der Waals surface area contributed by atoms with E-state index in [1.54, 1.807) is 48.5 Å². The first-order chi connectivity index (χ1) is 19.1. The van der Waals surface area contributed by atoms with Crippen LogP contribution in [0.5, 0.6) is 34.5 Å². The largest absolute Gasteiger partial charge is 0.508 e. The molecule has 2 N–H and O–H groups in total. The number of phenolic OH excluding ortho intramolecular Hbond substituents is 2. The Kier molecular flexibility index (Phi) is 7.27. The molecular weight excluding hydrogens is 496 g/mol. The summed E-state index contributed by atoms with van der Waals surface area (Å²) in [6, 6.07) is 38.7. The third-order valence-corrected chi connectivity index (χ3v) is 7.63. The molecule has 0 saturated heterocycles. The molecule has 0 bridgehead atoms. The summed E-state index contributed by atoms with van der Waals surface area (Å²) in [6.07, 6.45) is 0. The number of benzene rings is 5. The number of hydrogen-bond acceptors (Lipinski definition) is 4. The molecule has 5 aromatic rings. The van der Waals surface area contributed by atoms with Crippen LogP contribution < -0.4 is 9.47 Å². The topological polar surface area (TPSA) is 58.9 Å². The zero-order chi connectivity index (χ0) is 28.3. The number of aromatic hydroxyl groups is 2. The van der Waals surface area contributed by atoms with E-state index in [4.69, 9.17) is 9.47 Å². The summed E-state index contributed by atoms with van der Waals surface area (Å²) < 4.78 is 11.8. The lowest BCUT2D eigenvalue weighted by Crippen LogP contribution is -2.21. The summed E-state index contributed by atoms with van der Waals surface area (Å²) in [5.41, 5.74) is 4.48. The SMILES string of the molecule is CC(C)(c1ccc(Oc2ccc(O)cc2)cc1)c1ccc(C(C)(C)c2ccc(Oc3ccc(O)cc3)cc2)cc1. The zero-order valence-electron chi connectivity index (χ0n) is 23.3. The second-order valence-electron chi connectivity index (χ2n) is 11.1. The van der Waals surface area contributed by atoms with Crippen LogP contribution in [-0.4, -0.2) is 10.2 Å². The summed E-state index contributed by atoms with van der Waals surface area (Å²) in [7, 11) is 0. The molecule has 0 amide bonds. The first-order valence-corrected chi connectivity index (χ1v) is 13.4. The molecule has 40 heavy (non-hydrogen) atoms. The van der Waals surface area contributed by atoms with Crippen molar-refractivity contribution in [1.82, 2.24) is 0 Å². The maximum atomic E-state index is 9.47. The normalized spacial score (nSPS) is 11.7. The Labute approximate surface area is 236 Å². The lowest BCUT2D eigenvalue weighted by atomic mass is 9.74. The molecule has 5 aromatic carbocycles. The maximum absolute atomic E-state index is 9.47. The summed E-state index contributed by atoms with van der Waals surface area (Å²) in [4.78, 5) is 0. The predicted octanol–water partition coefficient (Wildman–Crippen LogP) is 9.33. The Bertz CT molecular complexity index is 1430. The van der Waals surface area contributed by atoms with Gasteiger partial charge in [-0.05, 0) is 95.1 Å². The smallest absolute Gasteiger partial charge is 0.127 e. The molecule has 0 unspecified atom stereocenters. The van der Waals surface area contributed by atoms with Crippen LogP contribution in [0.2, 0.25) is 0 Å². The van der Waals surface area contributed by atoms with Crippen molar-refractivity contribution in [2.45, 2.75) is 38.5 Å². The Morgan fingerprint density at radius 2 is 0.550 bits per heavy atom. The van der Waals surface area contributed by atoms with Gasteiger partial charge < -0.3 is 19.7 Å². The van der Waals surface area contributed by atoms with Crippen LogP contribution in [-0.2, 0) is 10.8 Å². The van der Waals surface area contributed by atoms with E-state index < -0.39 is 0 Å². The Balaban J connectivity index is 1.28. The van der Waals surface area contributed by atoms with E-state index in [1.165, 1.54) is 22.3 Å². The average molecular weight is 531 g/mol. The van der Waals surface area contributed by atoms with Gasteiger partial charge in [0.15, 0.2) is 0 Å². The summed E-state index contributed by atoms with van der Waals surface area (Å²) in [5, 5.41) is 18.9. The van der Waals surface area contributed by atoms with Crippen molar-refractivity contribution >= 4 is 0 Å². The molecule has 5 rings (SSSR count). The molecule has 0 saturated carbocycles. The van der Waals surface area contributed by atoms with Crippen molar-refractivity contribution in [3.05, 3.63) is 144 Å². The minimum atomic E-state index is -0.188. The van der Waals surface area contributed by atoms with Crippen LogP contribution in [0.15, 0.2) is 121 Å². The highest BCUT2D eigenvalue weighted by molar-refractivity contribution is 5.46. The van der Waals surface area contributed by atoms with Crippen LogP contribution in [0, 0.1) is 0 Å². The zero-order valence-corrected chi connectivity index (χ0v) is 23.3. The highest BCUT2D eigenvalue weighted by Crippen LogP contribution is 2.37. The monoisotopic (exact) mass is 530 g/mol. The lowest BCUT2D eigenvalue weighted by Gasteiger charge is -2.29. The second kappa shape index (κ2) is 10.8. The Hall–Kier alpha value is -4.70. The Morgan fingerprint density at radius 1 is 0.350 bits per heavy atom. The van der Waals surface area contributed by atoms with Gasteiger partial charge in [-0.1, -0.05) is 76.2 Å². The number of ether oxygens (including phenoxy) is 2. The fourth-order valence-electron chi connectivity index (χ4n) is 4.82. The van der Waals surface area contributed by atoms with Gasteiger partial charge in [-0.15, -0.1) is 0 Å². The molecule has 4 heteroatoms. The summed E-state index contributed by atoms with van der Waals surface area (Å²) >= 11 is 0. The molecule has 0 spiro atoms. The first-order valence-electron chi connectivity index (χ1n) is 13.4. The van der Waals surface area contributed by atoms with Gasteiger partial charge in [0, 0.05) is 10.8 Å². The van der Waals surface area contributed by atoms with Crippen molar-refractivity contribution in [2.24, 2.45) is 0 Å². The van der Waals surface area contributed by atoms with E-state index >= 15 is 0 Å². The number of phenols is 2. The van der Waals surface area contributed by atoms with Gasteiger partial charge in [-0.2, -0.15) is 0 Å². The molecule has 4 nitrogen and oxygen atoms in total. The number of hydrogen-bond donors (Lipinski definition) is 2. The highest BCUT2D eigenvalue weighted by atomic mass is 16.5. The summed E-state index contributed by atoms with van der Waals surface area (Å²) in [6.45, 7) is 8.93. The molecule has 0 aliphatic carbocycles. The van der Waals surface area contributed by atoms with E-state index in [9.17, 15) is 10.2 Å². The van der Waals surface area contributed by atoms with Gasteiger partial charge in [0.2, 0.25) is 0 Å². The van der Waals surface area contributed by atoms with Crippen molar-refractivity contribution in [3.8, 4) is 34.5 Å². The third-order valence-electron chi connectivity index (χ3n) is 7.63. The fourth-order valence-corrected chi connectivity index (χ4v) is 4.82. The van der Waals surface area contributed by atoms with Crippen molar-refractivity contribution in [1.29, 1.82) is 0 Å². The highest BCUT2D eigenvalue weighted by Gasteiger charge is 2.26.